The Balaban J connectivity index is 1.74. The Kier molecular flexibility index (Phi) is 2.63. The minimum absolute atomic E-state index is 0.250. The minimum Gasteiger partial charge on any atom is -0.368 e. The Bertz CT molecular complexity index is 830. The molecular formula is C20H16O2. The molecule has 0 N–H and O–H groups in total. The molecule has 0 saturated carbocycles. The zero-order valence-corrected chi connectivity index (χ0v) is 12.2. The quantitative estimate of drug-likeness (QED) is 0.518. The first-order chi connectivity index (χ1) is 10.9. The molecule has 2 unspecified atom stereocenters. The van der Waals surface area contributed by atoms with Gasteiger partial charge in [0.15, 0.2) is 0 Å². The lowest BCUT2D eigenvalue weighted by Crippen LogP contribution is -1.95. The number of benzene rings is 3. The van der Waals surface area contributed by atoms with Crippen molar-refractivity contribution in [1.29, 1.82) is 0 Å². The number of fused-ring (bicyclic) bond motifs is 1. The van der Waals surface area contributed by atoms with Crippen molar-refractivity contribution in [3.63, 3.8) is 0 Å². The lowest BCUT2D eigenvalue weighted by Gasteiger charge is -2.13. The van der Waals surface area contributed by atoms with E-state index < -0.39 is 0 Å². The fourth-order valence-electron chi connectivity index (χ4n) is 3.26. The molecule has 0 amide bonds. The molecule has 0 spiro atoms. The second-order valence-corrected chi connectivity index (χ2v) is 6.02. The third-order valence-corrected chi connectivity index (χ3v) is 4.53. The van der Waals surface area contributed by atoms with Gasteiger partial charge in [-0.2, -0.15) is 0 Å². The lowest BCUT2D eigenvalue weighted by atomic mass is 9.91. The predicted molar refractivity (Wildman–Crippen MR) is 86.8 cm³/mol. The minimum atomic E-state index is 0.250. The summed E-state index contributed by atoms with van der Waals surface area (Å²) in [6.07, 6.45) is 0.500. The van der Waals surface area contributed by atoms with Crippen LogP contribution in [0.3, 0.4) is 0 Å². The van der Waals surface area contributed by atoms with Crippen LogP contribution in [0.4, 0.5) is 0 Å². The van der Waals surface area contributed by atoms with Gasteiger partial charge in [-0.15, -0.1) is 0 Å². The number of rotatable bonds is 3. The first kappa shape index (κ1) is 12.4. The summed E-state index contributed by atoms with van der Waals surface area (Å²) in [7, 11) is 0. The van der Waals surface area contributed by atoms with E-state index in [0.29, 0.717) is 0 Å². The van der Waals surface area contributed by atoms with Gasteiger partial charge in [-0.05, 0) is 39.1 Å². The molecule has 108 valence electrons. The van der Waals surface area contributed by atoms with E-state index in [1.54, 1.807) is 0 Å². The predicted octanol–water partition coefficient (Wildman–Crippen LogP) is 4.65. The summed E-state index contributed by atoms with van der Waals surface area (Å²) in [5.74, 6) is 0. The molecule has 0 radical (unpaired) electrons. The summed E-state index contributed by atoms with van der Waals surface area (Å²) in [6.45, 7) is 1.66. The molecule has 5 rings (SSSR count). The first-order valence-electron chi connectivity index (χ1n) is 7.75. The molecule has 2 atom stereocenters. The largest absolute Gasteiger partial charge is 0.368 e. The maximum absolute atomic E-state index is 5.56. The Hall–Kier alpha value is -2.16. The van der Waals surface area contributed by atoms with E-state index in [1.165, 1.54) is 33.0 Å². The van der Waals surface area contributed by atoms with Crippen LogP contribution in [-0.2, 0) is 9.47 Å². The van der Waals surface area contributed by atoms with Gasteiger partial charge in [-0.1, -0.05) is 54.6 Å². The third kappa shape index (κ3) is 2.04. The highest BCUT2D eigenvalue weighted by molar-refractivity contribution is 5.88. The molecule has 0 aromatic heterocycles. The summed E-state index contributed by atoms with van der Waals surface area (Å²) < 4.78 is 11.1. The Morgan fingerprint density at radius 2 is 1.32 bits per heavy atom. The molecule has 2 aliphatic heterocycles. The number of hydrogen-bond donors (Lipinski definition) is 0. The second kappa shape index (κ2) is 4.67. The van der Waals surface area contributed by atoms with Gasteiger partial charge in [-0.3, -0.25) is 0 Å². The summed E-state index contributed by atoms with van der Waals surface area (Å²) in [5, 5.41) is 2.55. The van der Waals surface area contributed by atoms with Crippen LogP contribution < -0.4 is 0 Å². The lowest BCUT2D eigenvalue weighted by molar-refractivity contribution is 0.411. The molecule has 2 saturated heterocycles. The number of hydrogen-bond acceptors (Lipinski definition) is 2. The van der Waals surface area contributed by atoms with Gasteiger partial charge in [0.25, 0.3) is 0 Å². The molecule has 3 aromatic carbocycles. The normalized spacial score (nSPS) is 22.7. The Morgan fingerprint density at radius 1 is 0.682 bits per heavy atom. The van der Waals surface area contributed by atoms with Crippen LogP contribution in [0.15, 0.2) is 60.7 Å². The van der Waals surface area contributed by atoms with E-state index in [2.05, 4.69) is 60.7 Å². The summed E-state index contributed by atoms with van der Waals surface area (Å²) in [4.78, 5) is 0. The molecule has 2 nitrogen and oxygen atoms in total. The third-order valence-electron chi connectivity index (χ3n) is 4.53. The van der Waals surface area contributed by atoms with Gasteiger partial charge in [0, 0.05) is 0 Å². The van der Waals surface area contributed by atoms with Crippen LogP contribution in [0.1, 0.15) is 23.3 Å². The molecule has 0 aliphatic carbocycles. The average Bonchev–Trinajstić information content (AvgIpc) is 3.47. The maximum atomic E-state index is 5.56. The van der Waals surface area contributed by atoms with E-state index in [0.717, 1.165) is 13.2 Å². The van der Waals surface area contributed by atoms with Gasteiger partial charge < -0.3 is 9.47 Å². The fraction of sp³-hybridized carbons (Fsp3) is 0.200. The van der Waals surface area contributed by atoms with Crippen LogP contribution in [0.5, 0.6) is 0 Å². The number of ether oxygens (including phenoxy) is 2. The van der Waals surface area contributed by atoms with Crippen LogP contribution in [0, 0.1) is 0 Å². The zero-order chi connectivity index (χ0) is 14.5. The van der Waals surface area contributed by atoms with E-state index in [4.69, 9.17) is 9.47 Å². The van der Waals surface area contributed by atoms with Gasteiger partial charge >= 0.3 is 0 Å². The van der Waals surface area contributed by atoms with Gasteiger partial charge in [0.05, 0.1) is 13.2 Å². The molecule has 3 aromatic rings. The van der Waals surface area contributed by atoms with Gasteiger partial charge in [-0.25, -0.2) is 0 Å². The van der Waals surface area contributed by atoms with E-state index in [1.807, 2.05) is 0 Å². The SMILES string of the molecule is c1cc(C2[13CH2]O2)c(-c2ccc3ccccc3c2)c(C2[13CH2]O2)c1. The molecule has 2 heteroatoms. The van der Waals surface area contributed by atoms with Crippen molar-refractivity contribution in [3.8, 4) is 11.1 Å². The zero-order valence-electron chi connectivity index (χ0n) is 12.2. The van der Waals surface area contributed by atoms with Gasteiger partial charge in [0.1, 0.15) is 12.2 Å². The van der Waals surface area contributed by atoms with Crippen LogP contribution >= 0.6 is 0 Å². The highest BCUT2D eigenvalue weighted by Crippen LogP contribution is 2.44. The van der Waals surface area contributed by atoms with Crippen LogP contribution in [0.2, 0.25) is 0 Å². The van der Waals surface area contributed by atoms with E-state index in [9.17, 15) is 0 Å². The highest BCUT2D eigenvalue weighted by Gasteiger charge is 2.33. The Labute approximate surface area is 129 Å². The standard InChI is InChI=1S/C20H16O2/c1-2-5-14-10-15(9-8-13(14)4-1)20-16(18-11-21-18)6-3-7-17(20)19-12-22-19/h1-10,18-19H,11-12H2/i11+1,12+1. The fourth-order valence-corrected chi connectivity index (χ4v) is 3.26. The van der Waals surface area contributed by atoms with Crippen molar-refractivity contribution in [1.82, 2.24) is 0 Å². The smallest absolute Gasteiger partial charge is 0.107 e. The monoisotopic (exact) mass is 290 g/mol. The Morgan fingerprint density at radius 3 is 1.95 bits per heavy atom. The summed E-state index contributed by atoms with van der Waals surface area (Å²) in [5.41, 5.74) is 5.15. The van der Waals surface area contributed by atoms with Crippen molar-refractivity contribution in [2.45, 2.75) is 12.2 Å². The van der Waals surface area contributed by atoms with E-state index in [-0.39, 0.29) is 12.2 Å². The van der Waals surface area contributed by atoms with Crippen molar-refractivity contribution < 1.29 is 9.47 Å². The highest BCUT2D eigenvalue weighted by atomic mass is 16.7. The topological polar surface area (TPSA) is 25.1 Å². The summed E-state index contributed by atoms with van der Waals surface area (Å²) >= 11 is 0. The molecule has 2 aliphatic rings. The second-order valence-electron chi connectivity index (χ2n) is 6.02. The maximum Gasteiger partial charge on any atom is 0.107 e. The first-order valence-corrected chi connectivity index (χ1v) is 7.75. The average molecular weight is 290 g/mol. The van der Waals surface area contributed by atoms with Crippen molar-refractivity contribution >= 4 is 10.8 Å². The van der Waals surface area contributed by atoms with Gasteiger partial charge in [0.2, 0.25) is 0 Å². The molecule has 22 heavy (non-hydrogen) atoms. The van der Waals surface area contributed by atoms with Crippen molar-refractivity contribution in [3.05, 3.63) is 71.8 Å². The molecular weight excluding hydrogens is 274 g/mol. The van der Waals surface area contributed by atoms with Crippen molar-refractivity contribution in [2.75, 3.05) is 13.2 Å². The number of epoxide rings is 2. The summed E-state index contributed by atoms with van der Waals surface area (Å²) in [6, 6.07) is 21.7. The van der Waals surface area contributed by atoms with E-state index >= 15 is 0 Å². The molecule has 2 heterocycles. The van der Waals surface area contributed by atoms with Crippen LogP contribution in [-0.4, -0.2) is 13.2 Å². The molecule has 2 fully saturated rings. The molecule has 0 bridgehead atoms. The van der Waals surface area contributed by atoms with Crippen LogP contribution in [0.25, 0.3) is 21.9 Å². The van der Waals surface area contributed by atoms with Crippen molar-refractivity contribution in [2.24, 2.45) is 0 Å².